The van der Waals surface area contributed by atoms with Crippen molar-refractivity contribution in [2.24, 2.45) is 0 Å². The zero-order chi connectivity index (χ0) is 33.7. The normalized spacial score (nSPS) is 11.5. The number of benzene rings is 9. The summed E-state index contributed by atoms with van der Waals surface area (Å²) in [6, 6.07) is 70.1. The quantitative estimate of drug-likeness (QED) is 0.169. The molecule has 0 atom stereocenters. The second-order valence-electron chi connectivity index (χ2n) is 13.3. The van der Waals surface area contributed by atoms with Crippen LogP contribution in [0.2, 0.25) is 0 Å². The lowest BCUT2D eigenvalue weighted by Gasteiger charge is -2.18. The van der Waals surface area contributed by atoms with Crippen LogP contribution < -0.4 is 0 Å². The highest BCUT2D eigenvalue weighted by Crippen LogP contribution is 2.45. The van der Waals surface area contributed by atoms with Crippen molar-refractivity contribution in [3.63, 3.8) is 0 Å². The molecule has 51 heavy (non-hydrogen) atoms. The summed E-state index contributed by atoms with van der Waals surface area (Å²) in [5, 5.41) is 7.19. The molecule has 238 valence electrons. The van der Waals surface area contributed by atoms with Gasteiger partial charge < -0.3 is 4.42 Å². The van der Waals surface area contributed by atoms with Crippen LogP contribution in [0.4, 0.5) is 0 Å². The summed E-state index contributed by atoms with van der Waals surface area (Å²) in [6.45, 7) is 0. The minimum Gasteiger partial charge on any atom is -0.456 e. The third-order valence-corrected chi connectivity index (χ3v) is 10.3. The van der Waals surface area contributed by atoms with Gasteiger partial charge in [0.2, 0.25) is 0 Å². The van der Waals surface area contributed by atoms with Gasteiger partial charge in [-0.25, -0.2) is 0 Å². The lowest BCUT2D eigenvalue weighted by Crippen LogP contribution is -1.91. The van der Waals surface area contributed by atoms with Crippen LogP contribution in [0.25, 0.3) is 99.1 Å². The average molecular weight is 649 g/mol. The number of hydrogen-bond donors (Lipinski definition) is 0. The van der Waals surface area contributed by atoms with Gasteiger partial charge in [0.15, 0.2) is 0 Å². The fraction of sp³-hybridized carbons (Fsp3) is 0. The maximum atomic E-state index is 6.27. The van der Waals surface area contributed by atoms with E-state index in [1.807, 2.05) is 12.1 Å². The van der Waals surface area contributed by atoms with Crippen molar-refractivity contribution in [2.45, 2.75) is 0 Å². The molecule has 9 aromatic carbocycles. The summed E-state index contributed by atoms with van der Waals surface area (Å²) in [5.41, 5.74) is 13.9. The second-order valence-corrected chi connectivity index (χ2v) is 13.3. The van der Waals surface area contributed by atoms with Gasteiger partial charge in [-0.05, 0) is 114 Å². The smallest absolute Gasteiger partial charge is 0.135 e. The van der Waals surface area contributed by atoms with Crippen LogP contribution in [0.3, 0.4) is 0 Å². The van der Waals surface area contributed by atoms with Crippen LogP contribution in [0.5, 0.6) is 0 Å². The maximum absolute atomic E-state index is 6.27. The molecule has 0 saturated carbocycles. The van der Waals surface area contributed by atoms with Gasteiger partial charge >= 0.3 is 0 Å². The number of rotatable bonds is 5. The molecule has 1 heterocycles. The molecule has 0 spiro atoms. The van der Waals surface area contributed by atoms with Crippen LogP contribution in [-0.4, -0.2) is 0 Å². The number of fused-ring (bicyclic) bond motifs is 5. The lowest BCUT2D eigenvalue weighted by atomic mass is 9.85. The molecule has 0 aliphatic heterocycles. The molecule has 10 rings (SSSR count). The Hall–Kier alpha value is -6.70. The van der Waals surface area contributed by atoms with Gasteiger partial charge in [0, 0.05) is 10.8 Å². The number of hydrogen-bond acceptors (Lipinski definition) is 1. The van der Waals surface area contributed by atoms with E-state index in [1.165, 1.54) is 77.2 Å². The summed E-state index contributed by atoms with van der Waals surface area (Å²) >= 11 is 0. The molecule has 0 radical (unpaired) electrons. The summed E-state index contributed by atoms with van der Waals surface area (Å²) < 4.78 is 6.27. The molecule has 0 bridgehead atoms. The minimum absolute atomic E-state index is 0.904. The molecule has 0 fully saturated rings. The van der Waals surface area contributed by atoms with Gasteiger partial charge in [-0.2, -0.15) is 0 Å². The Labute approximate surface area is 296 Å². The van der Waals surface area contributed by atoms with Crippen molar-refractivity contribution in [3.05, 3.63) is 194 Å². The van der Waals surface area contributed by atoms with Crippen molar-refractivity contribution in [1.82, 2.24) is 0 Å². The first kappa shape index (κ1) is 29.2. The van der Waals surface area contributed by atoms with Gasteiger partial charge in [0.25, 0.3) is 0 Å². The van der Waals surface area contributed by atoms with E-state index < -0.39 is 0 Å². The molecule has 0 N–H and O–H groups in total. The van der Waals surface area contributed by atoms with E-state index in [-0.39, 0.29) is 0 Å². The monoisotopic (exact) mass is 648 g/mol. The van der Waals surface area contributed by atoms with Crippen LogP contribution in [-0.2, 0) is 0 Å². The predicted octanol–water partition coefficient (Wildman–Crippen LogP) is 14.2. The fourth-order valence-corrected chi connectivity index (χ4v) is 7.86. The zero-order valence-corrected chi connectivity index (χ0v) is 27.9. The molecule has 0 amide bonds. The largest absolute Gasteiger partial charge is 0.456 e. The van der Waals surface area contributed by atoms with E-state index in [9.17, 15) is 0 Å². The number of furan rings is 1. The first-order valence-electron chi connectivity index (χ1n) is 17.5. The minimum atomic E-state index is 0.904. The molecule has 0 aliphatic carbocycles. The van der Waals surface area contributed by atoms with Crippen LogP contribution in [0, 0.1) is 0 Å². The highest BCUT2D eigenvalue weighted by molar-refractivity contribution is 6.20. The van der Waals surface area contributed by atoms with Crippen LogP contribution >= 0.6 is 0 Å². The third kappa shape index (κ3) is 5.02. The van der Waals surface area contributed by atoms with Gasteiger partial charge in [-0.3, -0.25) is 0 Å². The molecular formula is C50H32O. The molecule has 1 heteroatoms. The lowest BCUT2D eigenvalue weighted by molar-refractivity contribution is 0.669. The van der Waals surface area contributed by atoms with E-state index in [0.29, 0.717) is 0 Å². The van der Waals surface area contributed by atoms with Crippen molar-refractivity contribution in [1.29, 1.82) is 0 Å². The highest BCUT2D eigenvalue weighted by Gasteiger charge is 2.18. The van der Waals surface area contributed by atoms with Crippen molar-refractivity contribution in [2.75, 3.05) is 0 Å². The van der Waals surface area contributed by atoms with E-state index in [2.05, 4.69) is 182 Å². The van der Waals surface area contributed by atoms with E-state index in [0.717, 1.165) is 21.9 Å². The third-order valence-electron chi connectivity index (χ3n) is 10.3. The van der Waals surface area contributed by atoms with Crippen LogP contribution in [0.15, 0.2) is 199 Å². The summed E-state index contributed by atoms with van der Waals surface area (Å²) in [4.78, 5) is 0. The van der Waals surface area contributed by atoms with Crippen molar-refractivity contribution in [3.8, 4) is 55.6 Å². The Balaban J connectivity index is 1.27. The molecule has 0 aliphatic rings. The fourth-order valence-electron chi connectivity index (χ4n) is 7.86. The van der Waals surface area contributed by atoms with Gasteiger partial charge in [-0.15, -0.1) is 0 Å². The Kier molecular flexibility index (Phi) is 6.89. The molecule has 0 saturated heterocycles. The van der Waals surface area contributed by atoms with Crippen molar-refractivity contribution < 1.29 is 4.42 Å². The summed E-state index contributed by atoms with van der Waals surface area (Å²) in [5.74, 6) is 0. The van der Waals surface area contributed by atoms with Crippen molar-refractivity contribution >= 4 is 43.5 Å². The Morgan fingerprint density at radius 2 is 0.706 bits per heavy atom. The highest BCUT2D eigenvalue weighted by atomic mass is 16.3. The predicted molar refractivity (Wildman–Crippen MR) is 216 cm³/mol. The Morgan fingerprint density at radius 3 is 1.31 bits per heavy atom. The van der Waals surface area contributed by atoms with Gasteiger partial charge in [0.05, 0.1) is 0 Å². The topological polar surface area (TPSA) is 13.1 Å². The summed E-state index contributed by atoms with van der Waals surface area (Å²) in [7, 11) is 0. The van der Waals surface area contributed by atoms with E-state index in [1.54, 1.807) is 0 Å². The Morgan fingerprint density at radius 1 is 0.235 bits per heavy atom. The molecule has 10 aromatic rings. The Bertz CT molecular complexity index is 2760. The average Bonchev–Trinajstić information content (AvgIpc) is 3.58. The molecule has 1 aromatic heterocycles. The second kappa shape index (κ2) is 12.0. The standard InChI is InChI=1S/C50H32O/c1-3-13-33(14-4-1)35-17-9-19-37(29-35)40-22-11-24-43-45(40)32-46-41(38-20-10-18-36(30-38)34-15-5-2-6-16-34)23-12-25-44(46)50(43)39-27-28-49-47(31-39)42-21-7-8-26-48(42)51-49/h1-32H. The zero-order valence-electron chi connectivity index (χ0n) is 27.9. The first-order chi connectivity index (χ1) is 25.3. The van der Waals surface area contributed by atoms with E-state index >= 15 is 0 Å². The summed E-state index contributed by atoms with van der Waals surface area (Å²) in [6.07, 6.45) is 0. The van der Waals surface area contributed by atoms with Gasteiger partial charge in [0.1, 0.15) is 11.2 Å². The van der Waals surface area contributed by atoms with E-state index in [4.69, 9.17) is 4.42 Å². The maximum Gasteiger partial charge on any atom is 0.135 e. The molecule has 0 unspecified atom stereocenters. The SMILES string of the molecule is c1ccc(-c2cccc(-c3cccc4c(-c5ccc6oc7ccccc7c6c5)c5cccc(-c6cccc(-c7ccccc7)c6)c5cc34)c2)cc1. The molecule has 1 nitrogen and oxygen atoms in total. The molecular weight excluding hydrogens is 617 g/mol. The van der Waals surface area contributed by atoms with Gasteiger partial charge in [-0.1, -0.05) is 158 Å². The van der Waals surface area contributed by atoms with Crippen LogP contribution in [0.1, 0.15) is 0 Å². The number of para-hydroxylation sites is 1. The first-order valence-corrected chi connectivity index (χ1v) is 17.5.